The Bertz CT molecular complexity index is 1000. The molecule has 6 atom stereocenters. The molecule has 0 aromatic heterocycles. The van der Waals surface area contributed by atoms with Crippen molar-refractivity contribution >= 4 is 11.9 Å². The van der Waals surface area contributed by atoms with Gasteiger partial charge in [-0.3, -0.25) is 9.80 Å². The third kappa shape index (κ3) is 40.1. The van der Waals surface area contributed by atoms with Gasteiger partial charge in [0.1, 0.15) is 0 Å². The lowest BCUT2D eigenvalue weighted by Crippen LogP contribution is -2.44. The van der Waals surface area contributed by atoms with E-state index in [1.54, 1.807) is 0 Å². The van der Waals surface area contributed by atoms with Crippen LogP contribution in [0, 0.1) is 0 Å². The fourth-order valence-electron chi connectivity index (χ4n) is 10.3. The number of nitrogens with zero attached hydrogens (tertiary/aromatic N) is 2. The van der Waals surface area contributed by atoms with E-state index >= 15 is 0 Å². The van der Waals surface area contributed by atoms with Crippen LogP contribution in [0.3, 0.4) is 0 Å². The zero-order chi connectivity index (χ0) is 51.1. The maximum atomic E-state index is 13.1. The van der Waals surface area contributed by atoms with Crippen molar-refractivity contribution in [2.75, 3.05) is 39.3 Å². The lowest BCUT2D eigenvalue weighted by molar-refractivity contribution is -0.196. The summed E-state index contributed by atoms with van der Waals surface area (Å²) in [6, 6.07) is 0. The molecule has 3 unspecified atom stereocenters. The number of ether oxygens (including phenoxy) is 2. The minimum atomic E-state index is -0.905. The van der Waals surface area contributed by atoms with Crippen molar-refractivity contribution in [3.63, 3.8) is 0 Å². The third-order valence-corrected chi connectivity index (χ3v) is 14.9. The Labute approximate surface area is 433 Å². The number of hydrogen-bond donors (Lipinski definition) is 4. The van der Waals surface area contributed by atoms with Crippen LogP contribution in [0.1, 0.15) is 297 Å². The van der Waals surface area contributed by atoms with Crippen molar-refractivity contribution in [3.05, 3.63) is 0 Å². The van der Waals surface area contributed by atoms with E-state index in [1.807, 2.05) is 0 Å². The summed E-state index contributed by atoms with van der Waals surface area (Å²) >= 11 is 0. The van der Waals surface area contributed by atoms with Gasteiger partial charge in [-0.2, -0.15) is 0 Å². The Morgan fingerprint density at radius 3 is 0.771 bits per heavy atom. The second-order valence-electron chi connectivity index (χ2n) is 22.0. The average molecular weight is 996 g/mol. The van der Waals surface area contributed by atoms with Crippen molar-refractivity contribution in [1.82, 2.24) is 9.80 Å². The minimum absolute atomic E-state index is 0.393. The molecule has 0 aliphatic carbocycles. The summed E-state index contributed by atoms with van der Waals surface area (Å²) in [5.74, 6) is -0.948. The Hall–Kier alpha value is -1.30. The van der Waals surface area contributed by atoms with E-state index in [-0.39, 0.29) is 0 Å². The molecule has 0 bridgehead atoms. The highest BCUT2D eigenvalue weighted by molar-refractivity contribution is 5.87. The highest BCUT2D eigenvalue weighted by Gasteiger charge is 2.37. The van der Waals surface area contributed by atoms with Crippen molar-refractivity contribution in [2.45, 2.75) is 334 Å². The topological polar surface area (TPSA) is 140 Å². The van der Waals surface area contributed by atoms with Gasteiger partial charge in [0.25, 0.3) is 0 Å². The number of rotatable bonds is 54. The van der Waals surface area contributed by atoms with Gasteiger partial charge in [-0.25, -0.2) is 9.59 Å². The van der Waals surface area contributed by atoms with Crippen LogP contribution >= 0.6 is 0 Å². The number of unbranched alkanes of at least 4 members (excludes halogenated alkanes) is 30. The van der Waals surface area contributed by atoms with E-state index in [2.05, 4.69) is 37.5 Å². The summed E-state index contributed by atoms with van der Waals surface area (Å²) in [6.07, 6.45) is 42.6. The Balaban J connectivity index is 2.60. The van der Waals surface area contributed by atoms with E-state index in [1.165, 1.54) is 154 Å². The zero-order valence-electron chi connectivity index (χ0n) is 46.7. The fraction of sp³-hybridized carbons (Fsp3) is 0.967. The molecule has 416 valence electrons. The first kappa shape index (κ1) is 66.7. The predicted octanol–water partition coefficient (Wildman–Crippen LogP) is 14.3. The van der Waals surface area contributed by atoms with Gasteiger partial charge in [-0.15, -0.1) is 0 Å². The number of hydrogen-bond acceptors (Lipinski definition) is 10. The van der Waals surface area contributed by atoms with E-state index in [0.717, 1.165) is 89.9 Å². The number of esters is 2. The molecule has 1 saturated heterocycles. The molecule has 0 amide bonds. The molecule has 0 saturated carbocycles. The SMILES string of the molecule is CCCCCCCCCCC(O)CN(CCCCC1OC(=O)C(CCCCN(C[C@H](O)CCCCCCCCCC)C[C@H](O)CCCCCCCCCC)OC1=O)C[C@H](O)CCCCCCCCCC. The molecule has 1 rings (SSSR count). The number of carbonyl (C=O) groups excluding carboxylic acids is 2. The molecule has 10 heteroatoms. The summed E-state index contributed by atoms with van der Waals surface area (Å²) in [4.78, 5) is 30.6. The van der Waals surface area contributed by atoms with Crippen LogP contribution in [-0.4, -0.2) is 118 Å². The first-order valence-corrected chi connectivity index (χ1v) is 30.7. The summed E-state index contributed by atoms with van der Waals surface area (Å²) in [5, 5.41) is 44.1. The van der Waals surface area contributed by atoms with Gasteiger partial charge >= 0.3 is 11.9 Å². The lowest BCUT2D eigenvalue weighted by Gasteiger charge is -2.29. The molecule has 1 aliphatic heterocycles. The second kappa shape index (κ2) is 48.6. The standard InChI is InChI=1S/C60H118N2O8/c1-5-9-13-17-21-25-29-33-41-53(63)49-61(50-54(64)42-34-30-26-22-18-14-10-6-2)47-39-37-45-57-59(67)70-58(60(68)69-57)46-38-40-48-62(51-55(65)43-35-31-27-23-19-15-11-7-3)52-56(66)44-36-32-28-24-20-16-12-8-4/h53-58,63-66H,5-52H2,1-4H3/t53-,54-,55-,56?,57?,58?/m1/s1. The largest absolute Gasteiger partial charge is 0.448 e. The van der Waals surface area contributed by atoms with Crippen LogP contribution in [0.5, 0.6) is 0 Å². The molecule has 1 fully saturated rings. The molecular formula is C60H118N2O8. The quantitative estimate of drug-likeness (QED) is 0.0344. The van der Waals surface area contributed by atoms with Gasteiger partial charge in [0.05, 0.1) is 24.4 Å². The van der Waals surface area contributed by atoms with Crippen LogP contribution in [0.25, 0.3) is 0 Å². The van der Waals surface area contributed by atoms with E-state index in [9.17, 15) is 30.0 Å². The maximum absolute atomic E-state index is 13.1. The molecule has 4 N–H and O–H groups in total. The predicted molar refractivity (Wildman–Crippen MR) is 293 cm³/mol. The van der Waals surface area contributed by atoms with Crippen LogP contribution in [0.4, 0.5) is 0 Å². The molecule has 0 spiro atoms. The second-order valence-corrected chi connectivity index (χ2v) is 22.0. The van der Waals surface area contributed by atoms with Gasteiger partial charge in [0.2, 0.25) is 0 Å². The zero-order valence-corrected chi connectivity index (χ0v) is 46.7. The number of aliphatic hydroxyl groups is 4. The van der Waals surface area contributed by atoms with Crippen LogP contribution in [0.15, 0.2) is 0 Å². The highest BCUT2D eigenvalue weighted by Crippen LogP contribution is 2.22. The van der Waals surface area contributed by atoms with Gasteiger partial charge in [-0.05, 0) is 77.3 Å². The first-order chi connectivity index (χ1) is 34.1. The monoisotopic (exact) mass is 995 g/mol. The highest BCUT2D eigenvalue weighted by atomic mass is 16.6. The molecule has 0 radical (unpaired) electrons. The van der Waals surface area contributed by atoms with Crippen molar-refractivity contribution in [1.29, 1.82) is 0 Å². The lowest BCUT2D eigenvalue weighted by atomic mass is 10.0. The summed E-state index contributed by atoms with van der Waals surface area (Å²) < 4.78 is 11.4. The third-order valence-electron chi connectivity index (χ3n) is 14.9. The molecule has 70 heavy (non-hydrogen) atoms. The van der Waals surface area contributed by atoms with Crippen molar-refractivity contribution < 1.29 is 39.5 Å². The Morgan fingerprint density at radius 1 is 0.329 bits per heavy atom. The summed E-state index contributed by atoms with van der Waals surface area (Å²) in [5.41, 5.74) is 0. The molecule has 0 aromatic rings. The maximum Gasteiger partial charge on any atom is 0.348 e. The van der Waals surface area contributed by atoms with Crippen LogP contribution in [0.2, 0.25) is 0 Å². The minimum Gasteiger partial charge on any atom is -0.448 e. The molecule has 1 heterocycles. The van der Waals surface area contributed by atoms with Crippen LogP contribution < -0.4 is 0 Å². The van der Waals surface area contributed by atoms with Gasteiger partial charge in [0, 0.05) is 26.2 Å². The van der Waals surface area contributed by atoms with Gasteiger partial charge in [-0.1, -0.05) is 233 Å². The average Bonchev–Trinajstić information content (AvgIpc) is 3.33. The van der Waals surface area contributed by atoms with E-state index in [0.29, 0.717) is 65.0 Å². The number of aliphatic hydroxyl groups excluding tert-OH is 4. The number of carbonyl (C=O) groups is 2. The van der Waals surface area contributed by atoms with Gasteiger partial charge in [0.15, 0.2) is 12.2 Å². The fourth-order valence-corrected chi connectivity index (χ4v) is 10.3. The molecule has 10 nitrogen and oxygen atoms in total. The Kier molecular flexibility index (Phi) is 46.3. The van der Waals surface area contributed by atoms with Crippen LogP contribution in [-0.2, 0) is 19.1 Å². The van der Waals surface area contributed by atoms with Crippen molar-refractivity contribution in [2.24, 2.45) is 0 Å². The van der Waals surface area contributed by atoms with E-state index < -0.39 is 48.6 Å². The normalized spacial score (nSPS) is 17.1. The molecule has 0 aromatic carbocycles. The summed E-state index contributed by atoms with van der Waals surface area (Å²) in [7, 11) is 0. The summed E-state index contributed by atoms with van der Waals surface area (Å²) in [6.45, 7) is 12.5. The Morgan fingerprint density at radius 2 is 0.543 bits per heavy atom. The number of cyclic esters (lactones) is 2. The van der Waals surface area contributed by atoms with Crippen molar-refractivity contribution in [3.8, 4) is 0 Å². The van der Waals surface area contributed by atoms with E-state index in [4.69, 9.17) is 9.47 Å². The smallest absolute Gasteiger partial charge is 0.348 e. The van der Waals surface area contributed by atoms with Gasteiger partial charge < -0.3 is 29.9 Å². The first-order valence-electron chi connectivity index (χ1n) is 30.7. The molecule has 1 aliphatic rings. The molecular weight excluding hydrogens is 877 g/mol.